The van der Waals surface area contributed by atoms with Gasteiger partial charge >= 0.3 is 12.1 Å². The van der Waals surface area contributed by atoms with Crippen molar-refractivity contribution in [2.45, 2.75) is 32.5 Å². The first-order valence-electron chi connectivity index (χ1n) is 6.03. The molecule has 0 aliphatic heterocycles. The monoisotopic (exact) mass is 353 g/mol. The second-order valence-electron chi connectivity index (χ2n) is 4.24. The van der Waals surface area contributed by atoms with Gasteiger partial charge in [0.1, 0.15) is 0 Å². The first-order chi connectivity index (χ1) is 9.24. The largest absolute Gasteiger partial charge is 0.466 e. The molecule has 1 unspecified atom stereocenters. The third-order valence-electron chi connectivity index (χ3n) is 2.47. The van der Waals surface area contributed by atoms with E-state index in [0.29, 0.717) is 4.47 Å². The summed E-state index contributed by atoms with van der Waals surface area (Å²) in [5.74, 6) is -0.446. The Labute approximate surface area is 123 Å². The van der Waals surface area contributed by atoms with Crippen LogP contribution in [0, 0.1) is 0 Å². The molecule has 20 heavy (non-hydrogen) atoms. The molecular formula is C13H15BrF3NO2. The zero-order chi connectivity index (χ0) is 15.3. The molecule has 0 aliphatic rings. The number of rotatable bonds is 5. The second-order valence-corrected chi connectivity index (χ2v) is 5.16. The quantitative estimate of drug-likeness (QED) is 0.805. The summed E-state index contributed by atoms with van der Waals surface area (Å²) in [6.07, 6.45) is -4.46. The summed E-state index contributed by atoms with van der Waals surface area (Å²) in [6.45, 7) is 3.54. The average molecular weight is 354 g/mol. The molecule has 0 bridgehead atoms. The zero-order valence-corrected chi connectivity index (χ0v) is 12.6. The smallest absolute Gasteiger partial charge is 0.418 e. The van der Waals surface area contributed by atoms with E-state index in [9.17, 15) is 18.0 Å². The first kappa shape index (κ1) is 16.8. The number of benzene rings is 1. The maximum Gasteiger partial charge on any atom is 0.418 e. The molecule has 0 heterocycles. The highest BCUT2D eigenvalue weighted by molar-refractivity contribution is 9.10. The molecule has 0 amide bonds. The Morgan fingerprint density at radius 3 is 2.65 bits per heavy atom. The summed E-state index contributed by atoms with van der Waals surface area (Å²) in [5, 5.41) is 2.69. The summed E-state index contributed by atoms with van der Waals surface area (Å²) in [7, 11) is 0. The van der Waals surface area contributed by atoms with Gasteiger partial charge in [0.15, 0.2) is 0 Å². The number of nitrogens with one attached hydrogen (secondary N) is 1. The van der Waals surface area contributed by atoms with Gasteiger partial charge in [0, 0.05) is 16.2 Å². The normalized spacial score (nSPS) is 12.9. The predicted octanol–water partition coefficient (Wildman–Crippen LogP) is 4.22. The Bertz CT molecular complexity index is 477. The number of esters is 1. The van der Waals surface area contributed by atoms with Crippen molar-refractivity contribution in [1.82, 2.24) is 0 Å². The lowest BCUT2D eigenvalue weighted by molar-refractivity contribution is -0.143. The van der Waals surface area contributed by atoms with Gasteiger partial charge in [-0.1, -0.05) is 15.9 Å². The van der Waals surface area contributed by atoms with Gasteiger partial charge in [-0.3, -0.25) is 4.79 Å². The molecule has 1 rings (SSSR count). The van der Waals surface area contributed by atoms with Crippen LogP contribution in [0.3, 0.4) is 0 Å². The number of anilines is 1. The molecule has 0 fully saturated rings. The van der Waals surface area contributed by atoms with Gasteiger partial charge in [-0.15, -0.1) is 0 Å². The van der Waals surface area contributed by atoms with Crippen molar-refractivity contribution in [2.24, 2.45) is 0 Å². The fraction of sp³-hybridized carbons (Fsp3) is 0.462. The molecule has 1 N–H and O–H groups in total. The Balaban J connectivity index is 2.84. The molecule has 1 aromatic rings. The van der Waals surface area contributed by atoms with Crippen LogP contribution in [0.5, 0.6) is 0 Å². The first-order valence-corrected chi connectivity index (χ1v) is 6.82. The van der Waals surface area contributed by atoms with E-state index in [0.717, 1.165) is 6.07 Å². The predicted molar refractivity (Wildman–Crippen MR) is 73.5 cm³/mol. The van der Waals surface area contributed by atoms with E-state index in [4.69, 9.17) is 4.74 Å². The Hall–Kier alpha value is -1.24. The molecule has 7 heteroatoms. The maximum absolute atomic E-state index is 12.9. The number of hydrogen-bond donors (Lipinski definition) is 1. The van der Waals surface area contributed by atoms with Crippen LogP contribution in [0.4, 0.5) is 18.9 Å². The van der Waals surface area contributed by atoms with Gasteiger partial charge in [0.2, 0.25) is 0 Å². The molecule has 0 saturated heterocycles. The molecule has 112 valence electrons. The van der Waals surface area contributed by atoms with Crippen molar-refractivity contribution in [1.29, 1.82) is 0 Å². The maximum atomic E-state index is 12.9. The Morgan fingerprint density at radius 1 is 1.45 bits per heavy atom. The molecule has 0 saturated carbocycles. The van der Waals surface area contributed by atoms with Crippen LogP contribution in [0.25, 0.3) is 0 Å². The second kappa shape index (κ2) is 6.97. The van der Waals surface area contributed by atoms with E-state index >= 15 is 0 Å². The standard InChI is InChI=1S/C13H15BrF3NO2/c1-3-20-12(19)6-8(2)18-11-5-4-9(14)7-10(11)13(15,16)17/h4-5,7-8,18H,3,6H2,1-2H3. The van der Waals surface area contributed by atoms with Gasteiger partial charge in [-0.2, -0.15) is 13.2 Å². The number of alkyl halides is 3. The lowest BCUT2D eigenvalue weighted by Gasteiger charge is -2.19. The number of carbonyl (C=O) groups is 1. The van der Waals surface area contributed by atoms with Crippen molar-refractivity contribution in [3.63, 3.8) is 0 Å². The fourth-order valence-electron chi connectivity index (χ4n) is 1.66. The SMILES string of the molecule is CCOC(=O)CC(C)Nc1ccc(Br)cc1C(F)(F)F. The summed E-state index contributed by atoms with van der Waals surface area (Å²) in [6, 6.07) is 3.37. The van der Waals surface area contributed by atoms with Gasteiger partial charge < -0.3 is 10.1 Å². The van der Waals surface area contributed by atoms with E-state index in [1.807, 2.05) is 0 Å². The van der Waals surface area contributed by atoms with Crippen molar-refractivity contribution in [2.75, 3.05) is 11.9 Å². The van der Waals surface area contributed by atoms with Gasteiger partial charge in [-0.05, 0) is 32.0 Å². The highest BCUT2D eigenvalue weighted by Crippen LogP contribution is 2.36. The summed E-state index contributed by atoms with van der Waals surface area (Å²) in [4.78, 5) is 11.3. The van der Waals surface area contributed by atoms with Crippen molar-refractivity contribution in [3.8, 4) is 0 Å². The van der Waals surface area contributed by atoms with Crippen LogP contribution < -0.4 is 5.32 Å². The van der Waals surface area contributed by atoms with Gasteiger partial charge in [0.05, 0.1) is 18.6 Å². The number of halogens is 4. The molecule has 1 aromatic carbocycles. The molecular weight excluding hydrogens is 339 g/mol. The minimum atomic E-state index is -4.46. The number of ether oxygens (including phenoxy) is 1. The van der Waals surface area contributed by atoms with Crippen molar-refractivity contribution < 1.29 is 22.7 Å². The van der Waals surface area contributed by atoms with Crippen molar-refractivity contribution in [3.05, 3.63) is 28.2 Å². The summed E-state index contributed by atoms with van der Waals surface area (Å²) >= 11 is 3.01. The summed E-state index contributed by atoms with van der Waals surface area (Å²) in [5.41, 5.74) is -0.833. The third-order valence-corrected chi connectivity index (χ3v) is 2.96. The molecule has 0 spiro atoms. The topological polar surface area (TPSA) is 38.3 Å². The molecule has 3 nitrogen and oxygen atoms in total. The lowest BCUT2D eigenvalue weighted by atomic mass is 10.1. The van der Waals surface area contributed by atoms with Crippen LogP contribution in [0.1, 0.15) is 25.8 Å². The van der Waals surface area contributed by atoms with Crippen LogP contribution in [0.2, 0.25) is 0 Å². The van der Waals surface area contributed by atoms with Crippen LogP contribution in [-0.4, -0.2) is 18.6 Å². The molecule has 0 aromatic heterocycles. The molecule has 0 aliphatic carbocycles. The van der Waals surface area contributed by atoms with Crippen molar-refractivity contribution >= 4 is 27.6 Å². The Kier molecular flexibility index (Phi) is 5.86. The zero-order valence-electron chi connectivity index (χ0n) is 11.1. The number of carbonyl (C=O) groups excluding carboxylic acids is 1. The highest BCUT2D eigenvalue weighted by atomic mass is 79.9. The summed E-state index contributed by atoms with van der Waals surface area (Å²) < 4.78 is 43.8. The van der Waals surface area contributed by atoms with E-state index in [1.165, 1.54) is 12.1 Å². The van der Waals surface area contributed by atoms with E-state index in [-0.39, 0.29) is 18.7 Å². The van der Waals surface area contributed by atoms with Gasteiger partial charge in [-0.25, -0.2) is 0 Å². The van der Waals surface area contributed by atoms with E-state index < -0.39 is 23.8 Å². The van der Waals surface area contributed by atoms with Crippen LogP contribution in [0.15, 0.2) is 22.7 Å². The lowest BCUT2D eigenvalue weighted by Crippen LogP contribution is -2.23. The average Bonchev–Trinajstić information content (AvgIpc) is 2.30. The minimum Gasteiger partial charge on any atom is -0.466 e. The van der Waals surface area contributed by atoms with E-state index in [1.54, 1.807) is 13.8 Å². The molecule has 1 atom stereocenters. The van der Waals surface area contributed by atoms with E-state index in [2.05, 4.69) is 21.2 Å². The third kappa shape index (κ3) is 5.03. The molecule has 0 radical (unpaired) electrons. The Morgan fingerprint density at radius 2 is 2.10 bits per heavy atom. The fourth-order valence-corrected chi connectivity index (χ4v) is 2.02. The highest BCUT2D eigenvalue weighted by Gasteiger charge is 2.34. The van der Waals surface area contributed by atoms with Gasteiger partial charge in [0.25, 0.3) is 0 Å². The minimum absolute atomic E-state index is 0.00119. The van der Waals surface area contributed by atoms with Crippen LogP contribution in [-0.2, 0) is 15.7 Å². The van der Waals surface area contributed by atoms with Crippen LogP contribution >= 0.6 is 15.9 Å². The number of hydrogen-bond acceptors (Lipinski definition) is 3.